The Morgan fingerprint density at radius 2 is 1.68 bits per heavy atom. The Bertz CT molecular complexity index is 494. The van der Waals surface area contributed by atoms with Crippen LogP contribution in [0.3, 0.4) is 0 Å². The van der Waals surface area contributed by atoms with Gasteiger partial charge in [0.05, 0.1) is 17.1 Å². The van der Waals surface area contributed by atoms with Crippen molar-refractivity contribution in [2.45, 2.75) is 38.7 Å². The van der Waals surface area contributed by atoms with Crippen LogP contribution >= 0.6 is 0 Å². The van der Waals surface area contributed by atoms with Crippen molar-refractivity contribution in [3.8, 4) is 0 Å². The SMILES string of the molecule is CC(C)C(C)S(=O)(=O)CC(O)c1ccc(CN)cc1. The van der Waals surface area contributed by atoms with Crippen LogP contribution in [0.1, 0.15) is 38.0 Å². The van der Waals surface area contributed by atoms with Gasteiger partial charge < -0.3 is 10.8 Å². The largest absolute Gasteiger partial charge is 0.387 e. The standard InChI is InChI=1S/C14H23NO3S/c1-10(2)11(3)19(17,18)9-14(16)13-6-4-12(8-15)5-7-13/h4-7,10-11,14,16H,8-9,15H2,1-3H3. The van der Waals surface area contributed by atoms with Crippen molar-refractivity contribution >= 4 is 9.84 Å². The van der Waals surface area contributed by atoms with Gasteiger partial charge in [-0.3, -0.25) is 0 Å². The lowest BCUT2D eigenvalue weighted by molar-refractivity contribution is 0.201. The highest BCUT2D eigenvalue weighted by molar-refractivity contribution is 7.92. The van der Waals surface area contributed by atoms with Crippen molar-refractivity contribution in [3.63, 3.8) is 0 Å². The number of hydrogen-bond donors (Lipinski definition) is 2. The van der Waals surface area contributed by atoms with E-state index < -0.39 is 21.2 Å². The first-order valence-electron chi connectivity index (χ1n) is 6.46. The third-order valence-electron chi connectivity index (χ3n) is 3.50. The Kier molecular flexibility index (Phi) is 5.52. The summed E-state index contributed by atoms with van der Waals surface area (Å²) in [4.78, 5) is 0. The van der Waals surface area contributed by atoms with Crippen LogP contribution in [0.4, 0.5) is 0 Å². The molecule has 0 amide bonds. The molecule has 1 aromatic rings. The predicted molar refractivity (Wildman–Crippen MR) is 77.4 cm³/mol. The van der Waals surface area contributed by atoms with Crippen LogP contribution in [-0.2, 0) is 16.4 Å². The zero-order chi connectivity index (χ0) is 14.6. The van der Waals surface area contributed by atoms with Crippen LogP contribution in [0.5, 0.6) is 0 Å². The first-order chi connectivity index (χ1) is 8.77. The van der Waals surface area contributed by atoms with Crippen molar-refractivity contribution in [1.82, 2.24) is 0 Å². The minimum Gasteiger partial charge on any atom is -0.387 e. The van der Waals surface area contributed by atoms with Crippen LogP contribution in [0.2, 0.25) is 0 Å². The highest BCUT2D eigenvalue weighted by Gasteiger charge is 2.27. The quantitative estimate of drug-likeness (QED) is 0.832. The van der Waals surface area contributed by atoms with E-state index in [9.17, 15) is 13.5 Å². The van der Waals surface area contributed by atoms with E-state index >= 15 is 0 Å². The molecule has 108 valence electrons. The van der Waals surface area contributed by atoms with E-state index in [4.69, 9.17) is 5.73 Å². The van der Waals surface area contributed by atoms with E-state index in [1.807, 2.05) is 13.8 Å². The molecule has 0 heterocycles. The Hall–Kier alpha value is -0.910. The molecule has 0 spiro atoms. The number of benzene rings is 1. The second kappa shape index (κ2) is 6.50. The Morgan fingerprint density at radius 1 is 1.16 bits per heavy atom. The number of sulfone groups is 1. The Labute approximate surface area is 115 Å². The average Bonchev–Trinajstić information content (AvgIpc) is 2.37. The maximum atomic E-state index is 12.1. The van der Waals surface area contributed by atoms with Crippen molar-refractivity contribution in [3.05, 3.63) is 35.4 Å². The third-order valence-corrected chi connectivity index (χ3v) is 5.95. The average molecular weight is 285 g/mol. The number of aliphatic hydroxyl groups excluding tert-OH is 1. The smallest absolute Gasteiger partial charge is 0.156 e. The van der Waals surface area contributed by atoms with Gasteiger partial charge in [0, 0.05) is 6.54 Å². The van der Waals surface area contributed by atoms with Crippen LogP contribution in [-0.4, -0.2) is 24.5 Å². The van der Waals surface area contributed by atoms with Crippen molar-refractivity contribution in [1.29, 1.82) is 0 Å². The van der Waals surface area contributed by atoms with E-state index in [1.54, 1.807) is 31.2 Å². The lowest BCUT2D eigenvalue weighted by Gasteiger charge is -2.19. The van der Waals surface area contributed by atoms with Gasteiger partial charge in [0.25, 0.3) is 0 Å². The molecule has 0 fully saturated rings. The molecule has 0 aliphatic rings. The molecule has 0 aliphatic carbocycles. The van der Waals surface area contributed by atoms with Gasteiger partial charge in [-0.2, -0.15) is 0 Å². The fraction of sp³-hybridized carbons (Fsp3) is 0.571. The summed E-state index contributed by atoms with van der Waals surface area (Å²) in [6.45, 7) is 5.85. The summed E-state index contributed by atoms with van der Waals surface area (Å²) >= 11 is 0. The number of nitrogens with two attached hydrogens (primary N) is 1. The highest BCUT2D eigenvalue weighted by Crippen LogP contribution is 2.20. The minimum atomic E-state index is -3.30. The summed E-state index contributed by atoms with van der Waals surface area (Å²) in [5, 5.41) is 9.59. The molecule has 3 N–H and O–H groups in total. The number of aliphatic hydroxyl groups is 1. The molecule has 4 nitrogen and oxygen atoms in total. The van der Waals surface area contributed by atoms with Gasteiger partial charge in [-0.05, 0) is 24.0 Å². The zero-order valence-electron chi connectivity index (χ0n) is 11.7. The van der Waals surface area contributed by atoms with Gasteiger partial charge >= 0.3 is 0 Å². The summed E-state index contributed by atoms with van der Waals surface area (Å²) in [5.41, 5.74) is 7.05. The monoisotopic (exact) mass is 285 g/mol. The summed E-state index contributed by atoms with van der Waals surface area (Å²) in [7, 11) is -3.30. The molecular weight excluding hydrogens is 262 g/mol. The molecule has 0 bridgehead atoms. The fourth-order valence-electron chi connectivity index (χ4n) is 1.76. The van der Waals surface area contributed by atoms with Gasteiger partial charge in [-0.1, -0.05) is 38.1 Å². The van der Waals surface area contributed by atoms with Gasteiger partial charge in [0.1, 0.15) is 0 Å². The van der Waals surface area contributed by atoms with Gasteiger partial charge in [-0.25, -0.2) is 8.42 Å². The maximum Gasteiger partial charge on any atom is 0.156 e. The summed E-state index contributed by atoms with van der Waals surface area (Å²) in [6.07, 6.45) is -0.988. The van der Waals surface area contributed by atoms with E-state index in [2.05, 4.69) is 0 Å². The highest BCUT2D eigenvalue weighted by atomic mass is 32.2. The normalized spacial score (nSPS) is 15.5. The zero-order valence-corrected chi connectivity index (χ0v) is 12.5. The molecule has 19 heavy (non-hydrogen) atoms. The van der Waals surface area contributed by atoms with Crippen molar-refractivity contribution in [2.24, 2.45) is 11.7 Å². The van der Waals surface area contributed by atoms with E-state index in [-0.39, 0.29) is 11.7 Å². The molecule has 2 atom stereocenters. The predicted octanol–water partition coefficient (Wildman–Crippen LogP) is 1.64. The van der Waals surface area contributed by atoms with Crippen molar-refractivity contribution in [2.75, 3.05) is 5.75 Å². The second-order valence-electron chi connectivity index (χ2n) is 5.24. The molecule has 0 aromatic heterocycles. The Morgan fingerprint density at radius 3 is 2.11 bits per heavy atom. The summed E-state index contributed by atoms with van der Waals surface area (Å²) in [5.74, 6) is -0.203. The number of hydrogen-bond acceptors (Lipinski definition) is 4. The molecular formula is C14H23NO3S. The van der Waals surface area contributed by atoms with Crippen LogP contribution in [0.25, 0.3) is 0 Å². The van der Waals surface area contributed by atoms with Crippen molar-refractivity contribution < 1.29 is 13.5 Å². The topological polar surface area (TPSA) is 80.4 Å². The minimum absolute atomic E-state index is 0.0387. The van der Waals surface area contributed by atoms with Gasteiger partial charge in [0.15, 0.2) is 9.84 Å². The first kappa shape index (κ1) is 16.1. The van der Waals surface area contributed by atoms with E-state index in [0.717, 1.165) is 5.56 Å². The lowest BCUT2D eigenvalue weighted by atomic mass is 10.1. The lowest BCUT2D eigenvalue weighted by Crippen LogP contribution is -2.28. The first-order valence-corrected chi connectivity index (χ1v) is 8.18. The van der Waals surface area contributed by atoms with Crippen LogP contribution in [0, 0.1) is 5.92 Å². The molecule has 0 radical (unpaired) electrons. The molecule has 1 aromatic carbocycles. The van der Waals surface area contributed by atoms with Crippen LogP contribution in [0.15, 0.2) is 24.3 Å². The molecule has 0 saturated heterocycles. The maximum absolute atomic E-state index is 12.1. The molecule has 0 aliphatic heterocycles. The fourth-order valence-corrected chi connectivity index (χ4v) is 3.52. The third kappa shape index (κ3) is 4.30. The van der Waals surface area contributed by atoms with Gasteiger partial charge in [0.2, 0.25) is 0 Å². The summed E-state index contributed by atoms with van der Waals surface area (Å²) < 4.78 is 24.2. The van der Waals surface area contributed by atoms with Crippen LogP contribution < -0.4 is 5.73 Å². The molecule has 5 heteroatoms. The molecule has 0 saturated carbocycles. The Balaban J connectivity index is 2.81. The second-order valence-corrected chi connectivity index (χ2v) is 7.64. The number of rotatable bonds is 6. The van der Waals surface area contributed by atoms with E-state index in [1.165, 1.54) is 0 Å². The summed E-state index contributed by atoms with van der Waals surface area (Å²) in [6, 6.07) is 7.05. The molecule has 2 unspecified atom stereocenters. The van der Waals surface area contributed by atoms with E-state index in [0.29, 0.717) is 12.1 Å². The molecule has 1 rings (SSSR count). The van der Waals surface area contributed by atoms with Gasteiger partial charge in [-0.15, -0.1) is 0 Å².